The molecule has 0 aliphatic carbocycles. The molecule has 4 rings (SSSR count). The summed E-state index contributed by atoms with van der Waals surface area (Å²) in [6, 6.07) is 8.53. The van der Waals surface area contributed by atoms with Crippen molar-refractivity contribution >= 4 is 60.4 Å². The summed E-state index contributed by atoms with van der Waals surface area (Å²) in [6.07, 6.45) is 1.98. The summed E-state index contributed by atoms with van der Waals surface area (Å²) in [5.41, 5.74) is 2.23. The van der Waals surface area contributed by atoms with Gasteiger partial charge in [0.05, 0.1) is 14.6 Å². The van der Waals surface area contributed by atoms with Crippen LogP contribution in [0.25, 0.3) is 10.2 Å². The molecule has 1 saturated heterocycles. The third-order valence-electron chi connectivity index (χ3n) is 5.56. The molecule has 1 fully saturated rings. The van der Waals surface area contributed by atoms with Gasteiger partial charge in [0.15, 0.2) is 4.80 Å². The number of piperidine rings is 1. The number of hydrogen-bond donors (Lipinski definition) is 0. The van der Waals surface area contributed by atoms with Gasteiger partial charge >= 0.3 is 0 Å². The van der Waals surface area contributed by atoms with Gasteiger partial charge in [0, 0.05) is 13.6 Å². The van der Waals surface area contributed by atoms with Crippen molar-refractivity contribution in [3.63, 3.8) is 0 Å². The maximum absolute atomic E-state index is 13.2. The Morgan fingerprint density at radius 1 is 1.19 bits per heavy atom. The molecule has 0 spiro atoms. The van der Waals surface area contributed by atoms with Gasteiger partial charge in [0.2, 0.25) is 0 Å². The minimum Gasteiger partial charge on any atom is -0.319 e. The van der Waals surface area contributed by atoms with Gasteiger partial charge in [-0.2, -0.15) is 9.30 Å². The molecule has 1 aliphatic heterocycles. The maximum Gasteiger partial charge on any atom is 0.266 e. The lowest BCUT2D eigenvalue weighted by atomic mass is 10.0. The molecule has 3 heterocycles. The van der Waals surface area contributed by atoms with Crippen molar-refractivity contribution in [2.45, 2.75) is 49.3 Å². The van der Waals surface area contributed by atoms with E-state index in [1.807, 2.05) is 17.7 Å². The molecule has 1 atom stereocenters. The summed E-state index contributed by atoms with van der Waals surface area (Å²) in [6.45, 7) is 4.59. The summed E-state index contributed by atoms with van der Waals surface area (Å²) >= 11 is 8.40. The first-order chi connectivity index (χ1) is 14.7. The summed E-state index contributed by atoms with van der Waals surface area (Å²) in [7, 11) is -1.92. The van der Waals surface area contributed by atoms with Crippen molar-refractivity contribution in [1.82, 2.24) is 8.87 Å². The number of aromatic nitrogens is 1. The summed E-state index contributed by atoms with van der Waals surface area (Å²) in [5, 5.41) is 0. The first-order valence-electron chi connectivity index (χ1n) is 10.1. The Hall–Kier alpha value is -1.52. The number of fused-ring (bicyclic) bond motifs is 1. The highest BCUT2D eigenvalue weighted by atomic mass is 35.5. The minimum atomic E-state index is -3.79. The van der Waals surface area contributed by atoms with Crippen molar-refractivity contribution in [2.75, 3.05) is 6.54 Å². The van der Waals surface area contributed by atoms with E-state index in [2.05, 4.69) is 31.0 Å². The largest absolute Gasteiger partial charge is 0.319 e. The van der Waals surface area contributed by atoms with Gasteiger partial charge in [-0.25, -0.2) is 8.42 Å². The third kappa shape index (κ3) is 4.39. The van der Waals surface area contributed by atoms with Crippen LogP contribution in [-0.4, -0.2) is 35.8 Å². The Bertz CT molecular complexity index is 1300. The first-order valence-corrected chi connectivity index (χ1v) is 13.6. The Morgan fingerprint density at radius 3 is 2.65 bits per heavy atom. The van der Waals surface area contributed by atoms with E-state index in [0.29, 0.717) is 28.0 Å². The van der Waals surface area contributed by atoms with Crippen LogP contribution in [0.2, 0.25) is 4.34 Å². The summed E-state index contributed by atoms with van der Waals surface area (Å²) in [4.78, 5) is 18.1. The van der Waals surface area contributed by atoms with Gasteiger partial charge in [-0.05, 0) is 48.6 Å². The lowest BCUT2D eigenvalue weighted by molar-refractivity contribution is -0.122. The number of thiazole rings is 1. The van der Waals surface area contributed by atoms with Crippen LogP contribution in [0.15, 0.2) is 39.5 Å². The summed E-state index contributed by atoms with van der Waals surface area (Å²) in [5.74, 6) is -0.0113. The highest BCUT2D eigenvalue weighted by molar-refractivity contribution is 7.91. The van der Waals surface area contributed by atoms with Crippen molar-refractivity contribution in [2.24, 2.45) is 12.0 Å². The van der Waals surface area contributed by atoms with Crippen LogP contribution in [0.3, 0.4) is 0 Å². The van der Waals surface area contributed by atoms with Crippen LogP contribution in [0, 0.1) is 0 Å². The topological polar surface area (TPSA) is 71.7 Å². The molecule has 1 amide bonds. The second-order valence-electron chi connectivity index (χ2n) is 7.96. The molecule has 31 heavy (non-hydrogen) atoms. The van der Waals surface area contributed by atoms with Crippen LogP contribution in [0.5, 0.6) is 0 Å². The minimum absolute atomic E-state index is 0.158. The SMILES string of the molecule is CC(C)c1ccc2c(c1)sc(=NC(=O)C1CCCCN1S(=O)(=O)c1ccc(Cl)s1)n2C. The molecule has 0 N–H and O–H groups in total. The zero-order valence-corrected chi connectivity index (χ0v) is 20.7. The second-order valence-corrected chi connectivity index (χ2v) is 12.8. The Balaban J connectivity index is 1.71. The lowest BCUT2D eigenvalue weighted by Gasteiger charge is -2.31. The average Bonchev–Trinajstić information content (AvgIpc) is 3.31. The number of rotatable bonds is 4. The molecule has 1 aliphatic rings. The van der Waals surface area contributed by atoms with Gasteiger partial charge in [-0.15, -0.1) is 11.3 Å². The molecule has 1 unspecified atom stereocenters. The molecule has 10 heteroatoms. The van der Waals surface area contributed by atoms with E-state index in [1.165, 1.54) is 27.3 Å². The van der Waals surface area contributed by atoms with Crippen LogP contribution < -0.4 is 4.80 Å². The van der Waals surface area contributed by atoms with Crippen molar-refractivity contribution in [1.29, 1.82) is 0 Å². The number of carbonyl (C=O) groups excluding carboxylic acids is 1. The van der Waals surface area contributed by atoms with E-state index in [0.717, 1.165) is 34.4 Å². The molecule has 3 aromatic rings. The van der Waals surface area contributed by atoms with E-state index >= 15 is 0 Å². The number of hydrogen-bond acceptors (Lipinski definition) is 5. The highest BCUT2D eigenvalue weighted by Gasteiger charge is 2.38. The molecule has 1 aromatic carbocycles. The zero-order valence-electron chi connectivity index (χ0n) is 17.5. The van der Waals surface area contributed by atoms with E-state index in [-0.39, 0.29) is 4.21 Å². The molecular weight excluding hydrogens is 474 g/mol. The average molecular weight is 498 g/mol. The highest BCUT2D eigenvalue weighted by Crippen LogP contribution is 2.32. The number of halogens is 1. The first kappa shape index (κ1) is 22.7. The Morgan fingerprint density at radius 2 is 1.97 bits per heavy atom. The molecule has 0 bridgehead atoms. The van der Waals surface area contributed by atoms with Crippen molar-refractivity contribution in [3.05, 3.63) is 45.0 Å². The quantitative estimate of drug-likeness (QED) is 0.522. The molecular formula is C21H24ClN3O3S3. The van der Waals surface area contributed by atoms with Crippen LogP contribution in [0.1, 0.15) is 44.6 Å². The van der Waals surface area contributed by atoms with Crippen LogP contribution in [0.4, 0.5) is 0 Å². The van der Waals surface area contributed by atoms with Crippen LogP contribution in [-0.2, 0) is 21.9 Å². The molecule has 166 valence electrons. The van der Waals surface area contributed by atoms with E-state index in [9.17, 15) is 13.2 Å². The fourth-order valence-corrected chi connectivity index (χ4v) is 8.11. The Labute approximate surface area is 194 Å². The fraction of sp³-hybridized carbons (Fsp3) is 0.429. The number of sulfonamides is 1. The molecule has 0 saturated carbocycles. The number of carbonyl (C=O) groups is 1. The van der Waals surface area contributed by atoms with E-state index < -0.39 is 22.0 Å². The van der Waals surface area contributed by atoms with Gasteiger partial charge < -0.3 is 4.57 Å². The number of aryl methyl sites for hydroxylation is 1. The molecule has 0 radical (unpaired) electrons. The Kier molecular flexibility index (Phi) is 6.42. The lowest BCUT2D eigenvalue weighted by Crippen LogP contribution is -2.47. The summed E-state index contributed by atoms with van der Waals surface area (Å²) < 4.78 is 31.1. The van der Waals surface area contributed by atoms with Gasteiger partial charge in [0.25, 0.3) is 15.9 Å². The predicted octanol–water partition coefficient (Wildman–Crippen LogP) is 4.75. The van der Waals surface area contributed by atoms with Crippen LogP contribution >= 0.6 is 34.3 Å². The molecule has 2 aromatic heterocycles. The number of thiophene rings is 1. The van der Waals surface area contributed by atoms with Crippen molar-refractivity contribution < 1.29 is 13.2 Å². The molecule has 6 nitrogen and oxygen atoms in total. The van der Waals surface area contributed by atoms with Crippen molar-refractivity contribution in [3.8, 4) is 0 Å². The zero-order chi connectivity index (χ0) is 22.3. The van der Waals surface area contributed by atoms with Gasteiger partial charge in [0.1, 0.15) is 10.3 Å². The van der Waals surface area contributed by atoms with Gasteiger partial charge in [-0.1, -0.05) is 49.3 Å². The van der Waals surface area contributed by atoms with Gasteiger partial charge in [-0.3, -0.25) is 4.79 Å². The predicted molar refractivity (Wildman–Crippen MR) is 126 cm³/mol. The van der Waals surface area contributed by atoms with E-state index in [1.54, 1.807) is 6.07 Å². The second kappa shape index (κ2) is 8.78. The normalized spacial score (nSPS) is 18.9. The smallest absolute Gasteiger partial charge is 0.266 e. The number of amides is 1. The monoisotopic (exact) mass is 497 g/mol. The standard InChI is InChI=1S/C21H24ClN3O3S3/c1-13(2)14-7-8-15-17(12-14)29-21(24(15)3)23-20(26)16-6-4-5-11-25(16)31(27,28)19-10-9-18(22)30-19/h7-10,12-13,16H,4-6,11H2,1-3H3. The number of benzene rings is 1. The number of nitrogens with zero attached hydrogens (tertiary/aromatic N) is 3. The maximum atomic E-state index is 13.2. The van der Waals surface area contributed by atoms with E-state index in [4.69, 9.17) is 11.6 Å². The third-order valence-corrected chi connectivity index (χ3v) is 10.3. The fourth-order valence-electron chi connectivity index (χ4n) is 3.78.